The van der Waals surface area contributed by atoms with Gasteiger partial charge in [-0.2, -0.15) is 13.2 Å². The lowest BCUT2D eigenvalue weighted by atomic mass is 10.3. The van der Waals surface area contributed by atoms with Crippen molar-refractivity contribution in [2.45, 2.75) is 26.1 Å². The molecule has 0 fully saturated rings. The third kappa shape index (κ3) is 8.03. The van der Waals surface area contributed by atoms with Crippen molar-refractivity contribution < 1.29 is 41.7 Å². The monoisotopic (exact) mass is 442 g/mol. The number of halogens is 3. The molecule has 168 valence electrons. The average Bonchev–Trinajstić information content (AvgIpc) is 2.72. The number of hydrogen-bond donors (Lipinski definition) is 1. The number of benzene rings is 1. The molecule has 1 aromatic carbocycles. The Morgan fingerprint density at radius 3 is 2.32 bits per heavy atom. The molecule has 0 aliphatic rings. The summed E-state index contributed by atoms with van der Waals surface area (Å²) in [5.41, 5.74) is -0.874. The molecule has 31 heavy (non-hydrogen) atoms. The summed E-state index contributed by atoms with van der Waals surface area (Å²) < 4.78 is 58.2. The SMILES string of the molecule is CCOC(=O)NCCOC(=O)C(C)Oc1ccc(Oc2ccc(C(F)(F)F)cn2)cc1. The van der Waals surface area contributed by atoms with Gasteiger partial charge in [0.25, 0.3) is 0 Å². The number of pyridine rings is 1. The lowest BCUT2D eigenvalue weighted by molar-refractivity contribution is -0.150. The van der Waals surface area contributed by atoms with Crippen LogP contribution < -0.4 is 14.8 Å². The maximum Gasteiger partial charge on any atom is 0.417 e. The van der Waals surface area contributed by atoms with Gasteiger partial charge < -0.3 is 24.3 Å². The quantitative estimate of drug-likeness (QED) is 0.464. The molecular formula is C20H21F3N2O6. The van der Waals surface area contributed by atoms with Crippen LogP contribution in [0.2, 0.25) is 0 Å². The molecule has 0 aliphatic heterocycles. The lowest BCUT2D eigenvalue weighted by Crippen LogP contribution is -2.31. The summed E-state index contributed by atoms with van der Waals surface area (Å²) in [4.78, 5) is 26.6. The van der Waals surface area contributed by atoms with Crippen molar-refractivity contribution in [3.05, 3.63) is 48.2 Å². The Bertz CT molecular complexity index is 857. The van der Waals surface area contributed by atoms with Crippen molar-refractivity contribution in [1.29, 1.82) is 0 Å². The van der Waals surface area contributed by atoms with Crippen molar-refractivity contribution >= 4 is 12.1 Å². The number of alkyl carbamates (subject to hydrolysis) is 1. The summed E-state index contributed by atoms with van der Waals surface area (Å²) in [6.45, 7) is 3.46. The Morgan fingerprint density at radius 1 is 1.06 bits per heavy atom. The van der Waals surface area contributed by atoms with Crippen molar-refractivity contribution in [1.82, 2.24) is 10.3 Å². The normalized spacial score (nSPS) is 11.9. The number of nitrogens with one attached hydrogen (secondary N) is 1. The minimum Gasteiger partial charge on any atom is -0.479 e. The van der Waals surface area contributed by atoms with E-state index in [1.807, 2.05) is 0 Å². The van der Waals surface area contributed by atoms with E-state index in [0.717, 1.165) is 12.1 Å². The van der Waals surface area contributed by atoms with Gasteiger partial charge in [0.1, 0.15) is 18.1 Å². The van der Waals surface area contributed by atoms with Gasteiger partial charge in [-0.05, 0) is 44.2 Å². The maximum atomic E-state index is 12.5. The zero-order chi connectivity index (χ0) is 22.9. The van der Waals surface area contributed by atoms with E-state index in [0.29, 0.717) is 17.7 Å². The molecule has 2 aromatic rings. The van der Waals surface area contributed by atoms with Crippen LogP contribution >= 0.6 is 0 Å². The predicted molar refractivity (Wildman–Crippen MR) is 102 cm³/mol. The van der Waals surface area contributed by atoms with Gasteiger partial charge in [-0.1, -0.05) is 0 Å². The van der Waals surface area contributed by atoms with Gasteiger partial charge in [0.2, 0.25) is 5.88 Å². The molecule has 1 aromatic heterocycles. The van der Waals surface area contributed by atoms with Crippen LogP contribution in [0.1, 0.15) is 19.4 Å². The van der Waals surface area contributed by atoms with Gasteiger partial charge in [0, 0.05) is 12.3 Å². The van der Waals surface area contributed by atoms with Crippen molar-refractivity contribution in [3.8, 4) is 17.4 Å². The topological polar surface area (TPSA) is 96.0 Å². The molecule has 0 spiro atoms. The number of carbonyl (C=O) groups is 2. The molecule has 1 atom stereocenters. The molecule has 1 heterocycles. The Kier molecular flexibility index (Phi) is 8.47. The second-order valence-corrected chi connectivity index (χ2v) is 6.03. The van der Waals surface area contributed by atoms with Crippen LogP contribution in [-0.4, -0.2) is 42.9 Å². The second-order valence-electron chi connectivity index (χ2n) is 6.03. The first-order valence-electron chi connectivity index (χ1n) is 9.24. The summed E-state index contributed by atoms with van der Waals surface area (Å²) >= 11 is 0. The number of esters is 1. The van der Waals surface area contributed by atoms with E-state index >= 15 is 0 Å². The van der Waals surface area contributed by atoms with E-state index in [-0.39, 0.29) is 25.6 Å². The van der Waals surface area contributed by atoms with E-state index in [1.165, 1.54) is 31.2 Å². The molecule has 0 aliphatic carbocycles. The molecule has 0 saturated heterocycles. The average molecular weight is 442 g/mol. The van der Waals surface area contributed by atoms with E-state index in [1.54, 1.807) is 6.92 Å². The van der Waals surface area contributed by atoms with Crippen LogP contribution in [0.15, 0.2) is 42.6 Å². The molecular weight excluding hydrogens is 421 g/mol. The number of amides is 1. The Labute approximate surface area is 176 Å². The first-order chi connectivity index (χ1) is 14.7. The fourth-order valence-electron chi connectivity index (χ4n) is 2.17. The standard InChI is InChI=1S/C20H21F3N2O6/c1-3-28-19(27)24-10-11-29-18(26)13(2)30-15-5-7-16(8-6-15)31-17-9-4-14(12-25-17)20(21,22)23/h4-9,12-13H,3,10-11H2,1-2H3,(H,24,27). The lowest BCUT2D eigenvalue weighted by Gasteiger charge is -2.14. The minimum absolute atomic E-state index is 0.00459. The molecule has 0 radical (unpaired) electrons. The maximum absolute atomic E-state index is 12.5. The van der Waals surface area contributed by atoms with E-state index < -0.39 is 29.9 Å². The van der Waals surface area contributed by atoms with Gasteiger partial charge in [0.15, 0.2) is 6.10 Å². The van der Waals surface area contributed by atoms with Crippen LogP contribution in [0.4, 0.5) is 18.0 Å². The van der Waals surface area contributed by atoms with Crippen LogP contribution in [0.5, 0.6) is 17.4 Å². The van der Waals surface area contributed by atoms with Crippen LogP contribution in [0.25, 0.3) is 0 Å². The van der Waals surface area contributed by atoms with Gasteiger partial charge in [-0.15, -0.1) is 0 Å². The largest absolute Gasteiger partial charge is 0.479 e. The summed E-state index contributed by atoms with van der Waals surface area (Å²) in [6.07, 6.45) is -5.30. The predicted octanol–water partition coefficient (Wildman–Crippen LogP) is 3.95. The number of nitrogens with zero attached hydrogens (tertiary/aromatic N) is 1. The van der Waals surface area contributed by atoms with Gasteiger partial charge in [-0.25, -0.2) is 14.6 Å². The van der Waals surface area contributed by atoms with Crippen molar-refractivity contribution in [2.24, 2.45) is 0 Å². The highest BCUT2D eigenvalue weighted by Gasteiger charge is 2.30. The first kappa shape index (κ1) is 23.8. The summed E-state index contributed by atoms with van der Waals surface area (Å²) in [7, 11) is 0. The number of hydrogen-bond acceptors (Lipinski definition) is 7. The van der Waals surface area contributed by atoms with Gasteiger partial charge >= 0.3 is 18.2 Å². The Hall–Kier alpha value is -3.50. The smallest absolute Gasteiger partial charge is 0.417 e. The third-order valence-corrected chi connectivity index (χ3v) is 3.65. The summed E-state index contributed by atoms with van der Waals surface area (Å²) in [5.74, 6) is 0.0386. The minimum atomic E-state index is -4.47. The van der Waals surface area contributed by atoms with Gasteiger partial charge in [0.05, 0.1) is 18.7 Å². The Balaban J connectivity index is 1.79. The van der Waals surface area contributed by atoms with Crippen molar-refractivity contribution in [3.63, 3.8) is 0 Å². The number of rotatable bonds is 9. The number of ether oxygens (including phenoxy) is 4. The van der Waals surface area contributed by atoms with Crippen molar-refractivity contribution in [2.75, 3.05) is 19.8 Å². The number of alkyl halides is 3. The zero-order valence-electron chi connectivity index (χ0n) is 16.8. The number of carbonyl (C=O) groups excluding carboxylic acids is 2. The highest BCUT2D eigenvalue weighted by atomic mass is 19.4. The Morgan fingerprint density at radius 2 is 1.74 bits per heavy atom. The molecule has 1 N–H and O–H groups in total. The molecule has 1 amide bonds. The fraction of sp³-hybridized carbons (Fsp3) is 0.350. The molecule has 2 rings (SSSR count). The van der Waals surface area contributed by atoms with E-state index in [2.05, 4.69) is 15.0 Å². The molecule has 0 bridgehead atoms. The molecule has 8 nitrogen and oxygen atoms in total. The zero-order valence-corrected chi connectivity index (χ0v) is 16.8. The van der Waals surface area contributed by atoms with E-state index in [4.69, 9.17) is 14.2 Å². The second kappa shape index (κ2) is 11.0. The summed E-state index contributed by atoms with van der Waals surface area (Å²) in [6, 6.07) is 8.04. The third-order valence-electron chi connectivity index (χ3n) is 3.65. The highest BCUT2D eigenvalue weighted by molar-refractivity contribution is 5.74. The molecule has 11 heteroatoms. The highest BCUT2D eigenvalue weighted by Crippen LogP contribution is 2.30. The molecule has 0 saturated carbocycles. The molecule has 1 unspecified atom stereocenters. The van der Waals surface area contributed by atoms with Gasteiger partial charge in [-0.3, -0.25) is 0 Å². The van der Waals surface area contributed by atoms with Crippen LogP contribution in [0, 0.1) is 0 Å². The first-order valence-corrected chi connectivity index (χ1v) is 9.24. The van der Waals surface area contributed by atoms with E-state index in [9.17, 15) is 22.8 Å². The fourth-order valence-corrected chi connectivity index (χ4v) is 2.17. The van der Waals surface area contributed by atoms with Crippen LogP contribution in [0.3, 0.4) is 0 Å². The number of aromatic nitrogens is 1. The van der Waals surface area contributed by atoms with Crippen LogP contribution in [-0.2, 0) is 20.4 Å². The summed E-state index contributed by atoms with van der Waals surface area (Å²) in [5, 5.41) is 2.41.